The van der Waals surface area contributed by atoms with Crippen molar-refractivity contribution < 1.29 is 0 Å². The van der Waals surface area contributed by atoms with Crippen LogP contribution >= 0.6 is 11.6 Å². The summed E-state index contributed by atoms with van der Waals surface area (Å²) in [4.78, 5) is 4.00. The molecule has 1 aromatic carbocycles. The van der Waals surface area contributed by atoms with Gasteiger partial charge in [-0.1, -0.05) is 17.7 Å². The summed E-state index contributed by atoms with van der Waals surface area (Å²) in [5.74, 6) is 0. The molecule has 0 saturated heterocycles. The van der Waals surface area contributed by atoms with Gasteiger partial charge in [-0.2, -0.15) is 0 Å². The van der Waals surface area contributed by atoms with Gasteiger partial charge in [-0.3, -0.25) is 0 Å². The Morgan fingerprint density at radius 3 is 3.06 bits per heavy atom. The number of anilines is 2. The van der Waals surface area contributed by atoms with Gasteiger partial charge in [0.25, 0.3) is 0 Å². The molecule has 1 aromatic heterocycles. The Balaban J connectivity index is 2.03. The second-order valence-electron chi connectivity index (χ2n) is 4.01. The van der Waals surface area contributed by atoms with Crippen LogP contribution in [0.15, 0.2) is 36.9 Å². The number of rotatable bonds is 4. The number of hydrogen-bond donors (Lipinski definition) is 2. The van der Waals surface area contributed by atoms with Crippen molar-refractivity contribution in [3.63, 3.8) is 0 Å². The van der Waals surface area contributed by atoms with Crippen molar-refractivity contribution in [2.24, 2.45) is 0 Å². The minimum atomic E-state index is 0.241. The van der Waals surface area contributed by atoms with Crippen molar-refractivity contribution in [2.75, 3.05) is 11.1 Å². The van der Waals surface area contributed by atoms with Crippen LogP contribution < -0.4 is 11.1 Å². The largest absolute Gasteiger partial charge is 0.396 e. The molecule has 17 heavy (non-hydrogen) atoms. The predicted octanol–water partition coefficient (Wildman–Crippen LogP) is 2.62. The maximum atomic E-state index is 5.96. The van der Waals surface area contributed by atoms with E-state index in [0.29, 0.717) is 10.7 Å². The van der Waals surface area contributed by atoms with Gasteiger partial charge in [0.05, 0.1) is 22.7 Å². The molecule has 1 atom stereocenters. The second-order valence-corrected chi connectivity index (χ2v) is 4.41. The highest BCUT2D eigenvalue weighted by molar-refractivity contribution is 6.33. The van der Waals surface area contributed by atoms with Gasteiger partial charge < -0.3 is 15.6 Å². The smallest absolute Gasteiger partial charge is 0.0946 e. The first-order chi connectivity index (χ1) is 8.16. The Kier molecular flexibility index (Phi) is 3.54. The summed E-state index contributed by atoms with van der Waals surface area (Å²) in [6, 6.07) is 5.82. The number of imidazole rings is 1. The van der Waals surface area contributed by atoms with E-state index in [4.69, 9.17) is 17.3 Å². The fraction of sp³-hybridized carbons (Fsp3) is 0.250. The van der Waals surface area contributed by atoms with Crippen molar-refractivity contribution >= 4 is 23.0 Å². The van der Waals surface area contributed by atoms with Gasteiger partial charge in [0.2, 0.25) is 0 Å². The highest BCUT2D eigenvalue weighted by Crippen LogP contribution is 2.27. The standard InChI is InChI=1S/C12H15ClN4/c1-9(7-17-6-5-15-8-17)16-11-4-2-3-10(13)12(11)14/h2-6,8-9,16H,7,14H2,1H3. The average Bonchev–Trinajstić information content (AvgIpc) is 2.77. The van der Waals surface area contributed by atoms with E-state index in [9.17, 15) is 0 Å². The number of para-hydroxylation sites is 1. The molecule has 1 heterocycles. The fourth-order valence-corrected chi connectivity index (χ4v) is 1.86. The highest BCUT2D eigenvalue weighted by Gasteiger charge is 2.07. The number of nitrogens with one attached hydrogen (secondary N) is 1. The third kappa shape index (κ3) is 2.91. The Morgan fingerprint density at radius 1 is 1.53 bits per heavy atom. The van der Waals surface area contributed by atoms with Crippen molar-refractivity contribution in [2.45, 2.75) is 19.5 Å². The summed E-state index contributed by atoms with van der Waals surface area (Å²) in [5.41, 5.74) is 7.35. The fourth-order valence-electron chi connectivity index (χ4n) is 1.68. The summed E-state index contributed by atoms with van der Waals surface area (Å²) in [5, 5.41) is 3.91. The maximum Gasteiger partial charge on any atom is 0.0946 e. The van der Waals surface area contributed by atoms with Gasteiger partial charge in [-0.15, -0.1) is 0 Å². The lowest BCUT2D eigenvalue weighted by Crippen LogP contribution is -2.21. The molecule has 0 aliphatic carbocycles. The number of aromatic nitrogens is 2. The summed E-state index contributed by atoms with van der Waals surface area (Å²) < 4.78 is 2.01. The molecule has 2 rings (SSSR count). The van der Waals surface area contributed by atoms with E-state index in [1.807, 2.05) is 22.9 Å². The van der Waals surface area contributed by atoms with Gasteiger partial charge in [-0.05, 0) is 19.1 Å². The normalized spacial score (nSPS) is 12.4. The number of nitrogens with two attached hydrogens (primary N) is 1. The summed E-state index contributed by atoms with van der Waals surface area (Å²) in [6.45, 7) is 2.91. The number of benzene rings is 1. The average molecular weight is 251 g/mol. The Labute approximate surface area is 105 Å². The molecule has 4 nitrogen and oxygen atoms in total. The van der Waals surface area contributed by atoms with Crippen LogP contribution in [0.2, 0.25) is 5.02 Å². The van der Waals surface area contributed by atoms with Crippen molar-refractivity contribution in [1.29, 1.82) is 0 Å². The maximum absolute atomic E-state index is 5.96. The molecule has 0 radical (unpaired) electrons. The van der Waals surface area contributed by atoms with E-state index in [1.165, 1.54) is 0 Å². The first kappa shape index (κ1) is 11.8. The molecule has 2 aromatic rings. The second kappa shape index (κ2) is 5.10. The molecule has 0 aliphatic rings. The van der Waals surface area contributed by atoms with Crippen LogP contribution in [-0.2, 0) is 6.54 Å². The molecule has 0 aliphatic heterocycles. The number of hydrogen-bond acceptors (Lipinski definition) is 3. The van der Waals surface area contributed by atoms with Crippen LogP contribution in [0.3, 0.4) is 0 Å². The van der Waals surface area contributed by atoms with Crippen molar-refractivity contribution in [3.8, 4) is 0 Å². The van der Waals surface area contributed by atoms with E-state index < -0.39 is 0 Å². The number of nitrogens with zero attached hydrogens (tertiary/aromatic N) is 2. The topological polar surface area (TPSA) is 55.9 Å². The monoisotopic (exact) mass is 250 g/mol. The Morgan fingerprint density at radius 2 is 2.35 bits per heavy atom. The molecule has 0 bridgehead atoms. The number of nitrogen functional groups attached to an aromatic ring is 1. The Bertz CT molecular complexity index is 481. The summed E-state index contributed by atoms with van der Waals surface area (Å²) in [7, 11) is 0. The van der Waals surface area contributed by atoms with Crippen LogP contribution in [0.25, 0.3) is 0 Å². The van der Waals surface area contributed by atoms with E-state index in [1.54, 1.807) is 18.6 Å². The lowest BCUT2D eigenvalue weighted by Gasteiger charge is -2.17. The summed E-state index contributed by atoms with van der Waals surface area (Å²) in [6.07, 6.45) is 5.49. The zero-order valence-corrected chi connectivity index (χ0v) is 10.4. The zero-order valence-electron chi connectivity index (χ0n) is 9.60. The summed E-state index contributed by atoms with van der Waals surface area (Å²) >= 11 is 5.96. The van der Waals surface area contributed by atoms with Gasteiger partial charge in [0.1, 0.15) is 0 Å². The van der Waals surface area contributed by atoms with Gasteiger partial charge in [0.15, 0.2) is 0 Å². The lowest BCUT2D eigenvalue weighted by molar-refractivity contribution is 0.619. The van der Waals surface area contributed by atoms with E-state index in [2.05, 4.69) is 17.2 Å². The Hall–Kier alpha value is -1.68. The van der Waals surface area contributed by atoms with E-state index in [-0.39, 0.29) is 6.04 Å². The third-order valence-corrected chi connectivity index (χ3v) is 2.83. The highest BCUT2D eigenvalue weighted by atomic mass is 35.5. The van der Waals surface area contributed by atoms with Crippen LogP contribution in [0.5, 0.6) is 0 Å². The van der Waals surface area contributed by atoms with Crippen LogP contribution in [0.1, 0.15) is 6.92 Å². The van der Waals surface area contributed by atoms with E-state index >= 15 is 0 Å². The van der Waals surface area contributed by atoms with Crippen molar-refractivity contribution in [3.05, 3.63) is 41.9 Å². The zero-order chi connectivity index (χ0) is 12.3. The lowest BCUT2D eigenvalue weighted by atomic mass is 10.2. The van der Waals surface area contributed by atoms with Gasteiger partial charge in [0, 0.05) is 25.0 Å². The SMILES string of the molecule is CC(Cn1ccnc1)Nc1cccc(Cl)c1N. The first-order valence-corrected chi connectivity index (χ1v) is 5.81. The minimum Gasteiger partial charge on any atom is -0.396 e. The molecule has 0 saturated carbocycles. The van der Waals surface area contributed by atoms with Crippen molar-refractivity contribution in [1.82, 2.24) is 9.55 Å². The van der Waals surface area contributed by atoms with E-state index in [0.717, 1.165) is 12.2 Å². The quantitative estimate of drug-likeness (QED) is 0.821. The van der Waals surface area contributed by atoms with Gasteiger partial charge in [-0.25, -0.2) is 4.98 Å². The third-order valence-electron chi connectivity index (χ3n) is 2.50. The number of halogens is 1. The van der Waals surface area contributed by atoms with Crippen LogP contribution in [-0.4, -0.2) is 15.6 Å². The molecule has 90 valence electrons. The molecule has 1 unspecified atom stereocenters. The van der Waals surface area contributed by atoms with Gasteiger partial charge >= 0.3 is 0 Å². The first-order valence-electron chi connectivity index (χ1n) is 5.43. The molecular formula is C12H15ClN4. The van der Waals surface area contributed by atoms with Crippen LogP contribution in [0, 0.1) is 0 Å². The van der Waals surface area contributed by atoms with Crippen LogP contribution in [0.4, 0.5) is 11.4 Å². The molecule has 3 N–H and O–H groups in total. The molecule has 0 fully saturated rings. The predicted molar refractivity (Wildman–Crippen MR) is 71.2 cm³/mol. The minimum absolute atomic E-state index is 0.241. The molecule has 5 heteroatoms. The molecular weight excluding hydrogens is 236 g/mol. The molecule has 0 amide bonds. The molecule has 0 spiro atoms.